The lowest BCUT2D eigenvalue weighted by Gasteiger charge is -2.11. The van der Waals surface area contributed by atoms with Crippen LogP contribution < -0.4 is 0 Å². The van der Waals surface area contributed by atoms with E-state index < -0.39 is 12.2 Å². The van der Waals surface area contributed by atoms with Gasteiger partial charge in [-0.2, -0.15) is 0 Å². The normalized spacial score (nSPS) is 32.0. The molecule has 76 valence electrons. The lowest BCUT2D eigenvalue weighted by Crippen LogP contribution is -2.24. The molecule has 2 N–H and O–H groups in total. The van der Waals surface area contributed by atoms with Gasteiger partial charge in [0.15, 0.2) is 0 Å². The predicted octanol–water partition coefficient (Wildman–Crippen LogP) is 0.870. The highest BCUT2D eigenvalue weighted by Gasteiger charge is 2.33. The molecule has 1 aliphatic rings. The van der Waals surface area contributed by atoms with E-state index >= 15 is 0 Å². The van der Waals surface area contributed by atoms with Crippen LogP contribution in [0.25, 0.3) is 0 Å². The summed E-state index contributed by atoms with van der Waals surface area (Å²) in [5, 5.41) is 18.5. The summed E-state index contributed by atoms with van der Waals surface area (Å²) in [5.41, 5.74) is 1.06. The van der Waals surface area contributed by atoms with Crippen LogP contribution in [0.5, 0.6) is 0 Å². The van der Waals surface area contributed by atoms with E-state index in [1.807, 2.05) is 30.3 Å². The topological polar surface area (TPSA) is 49.7 Å². The minimum Gasteiger partial charge on any atom is -0.394 e. The zero-order chi connectivity index (χ0) is 9.97. The van der Waals surface area contributed by atoms with Gasteiger partial charge in [0.05, 0.1) is 18.8 Å². The van der Waals surface area contributed by atoms with Crippen molar-refractivity contribution in [1.82, 2.24) is 0 Å². The first-order chi connectivity index (χ1) is 6.81. The molecule has 14 heavy (non-hydrogen) atoms. The van der Waals surface area contributed by atoms with Crippen LogP contribution in [0, 0.1) is 0 Å². The van der Waals surface area contributed by atoms with Gasteiger partial charge in [-0.05, 0) is 5.56 Å². The third-order valence-electron chi connectivity index (χ3n) is 2.58. The van der Waals surface area contributed by atoms with Crippen molar-refractivity contribution in [1.29, 1.82) is 0 Å². The molecular formula is C11H14O3. The fourth-order valence-corrected chi connectivity index (χ4v) is 1.78. The molecule has 1 aromatic carbocycles. The fraction of sp³-hybridized carbons (Fsp3) is 0.455. The maximum atomic E-state index is 9.54. The van der Waals surface area contributed by atoms with E-state index in [0.717, 1.165) is 5.56 Å². The Morgan fingerprint density at radius 3 is 2.57 bits per heavy atom. The molecule has 0 amide bonds. The zero-order valence-electron chi connectivity index (χ0n) is 7.84. The van der Waals surface area contributed by atoms with Gasteiger partial charge < -0.3 is 14.9 Å². The number of aliphatic hydroxyl groups is 2. The molecule has 2 rings (SSSR count). The maximum absolute atomic E-state index is 9.54. The van der Waals surface area contributed by atoms with Gasteiger partial charge in [0.2, 0.25) is 0 Å². The first-order valence-corrected chi connectivity index (χ1v) is 4.80. The molecule has 0 radical (unpaired) electrons. The van der Waals surface area contributed by atoms with Crippen LogP contribution in [-0.2, 0) is 4.74 Å². The van der Waals surface area contributed by atoms with E-state index in [-0.39, 0.29) is 12.7 Å². The van der Waals surface area contributed by atoms with E-state index in [0.29, 0.717) is 6.42 Å². The van der Waals surface area contributed by atoms with Crippen molar-refractivity contribution in [2.75, 3.05) is 6.61 Å². The summed E-state index contributed by atoms with van der Waals surface area (Å²) in [6, 6.07) is 9.77. The average molecular weight is 194 g/mol. The second-order valence-corrected chi connectivity index (χ2v) is 3.56. The third kappa shape index (κ3) is 1.80. The van der Waals surface area contributed by atoms with Gasteiger partial charge in [-0.1, -0.05) is 30.3 Å². The standard InChI is InChI=1S/C11H14O3/c12-7-11-9(13)6-10(14-11)8-4-2-1-3-5-8/h1-5,9-13H,6-7H2/t9-,10-,11+/m0/s1. The SMILES string of the molecule is OC[C@H]1O[C@H](c2ccccc2)C[C@@H]1O. The molecule has 1 heterocycles. The Morgan fingerprint density at radius 1 is 1.29 bits per heavy atom. The van der Waals surface area contributed by atoms with Crippen LogP contribution in [-0.4, -0.2) is 29.0 Å². The number of benzene rings is 1. The van der Waals surface area contributed by atoms with Crippen molar-refractivity contribution in [3.05, 3.63) is 35.9 Å². The van der Waals surface area contributed by atoms with E-state index in [2.05, 4.69) is 0 Å². The lowest BCUT2D eigenvalue weighted by atomic mass is 10.1. The summed E-state index contributed by atoms with van der Waals surface area (Å²) in [7, 11) is 0. The lowest BCUT2D eigenvalue weighted by molar-refractivity contribution is -0.0225. The van der Waals surface area contributed by atoms with Crippen molar-refractivity contribution < 1.29 is 14.9 Å². The summed E-state index contributed by atoms with van der Waals surface area (Å²) >= 11 is 0. The molecular weight excluding hydrogens is 180 g/mol. The van der Waals surface area contributed by atoms with E-state index in [9.17, 15) is 5.11 Å². The van der Waals surface area contributed by atoms with E-state index in [1.165, 1.54) is 0 Å². The summed E-state index contributed by atoms with van der Waals surface area (Å²) in [4.78, 5) is 0. The third-order valence-corrected chi connectivity index (χ3v) is 2.58. The smallest absolute Gasteiger partial charge is 0.107 e. The zero-order valence-corrected chi connectivity index (χ0v) is 7.84. The molecule has 1 aliphatic heterocycles. The Kier molecular flexibility index (Phi) is 2.82. The van der Waals surface area contributed by atoms with Crippen LogP contribution in [0.2, 0.25) is 0 Å². The van der Waals surface area contributed by atoms with Crippen LogP contribution >= 0.6 is 0 Å². The molecule has 1 fully saturated rings. The molecule has 0 bridgehead atoms. The van der Waals surface area contributed by atoms with Crippen molar-refractivity contribution in [2.24, 2.45) is 0 Å². The molecule has 0 aromatic heterocycles. The van der Waals surface area contributed by atoms with Gasteiger partial charge in [-0.15, -0.1) is 0 Å². The number of aliphatic hydroxyl groups excluding tert-OH is 2. The van der Waals surface area contributed by atoms with Gasteiger partial charge in [0.1, 0.15) is 6.10 Å². The fourth-order valence-electron chi connectivity index (χ4n) is 1.78. The van der Waals surface area contributed by atoms with Crippen molar-refractivity contribution >= 4 is 0 Å². The largest absolute Gasteiger partial charge is 0.394 e. The van der Waals surface area contributed by atoms with Gasteiger partial charge in [-0.3, -0.25) is 0 Å². The highest BCUT2D eigenvalue weighted by molar-refractivity contribution is 5.18. The summed E-state index contributed by atoms with van der Waals surface area (Å²) in [6.07, 6.45) is -0.497. The quantitative estimate of drug-likeness (QED) is 0.734. The van der Waals surface area contributed by atoms with Gasteiger partial charge >= 0.3 is 0 Å². The predicted molar refractivity (Wildman–Crippen MR) is 51.8 cm³/mol. The van der Waals surface area contributed by atoms with Crippen LogP contribution in [0.15, 0.2) is 30.3 Å². The van der Waals surface area contributed by atoms with E-state index in [4.69, 9.17) is 9.84 Å². The number of rotatable bonds is 2. The minimum atomic E-state index is -0.551. The second-order valence-electron chi connectivity index (χ2n) is 3.56. The van der Waals surface area contributed by atoms with Crippen LogP contribution in [0.3, 0.4) is 0 Å². The Labute approximate surface area is 83.0 Å². The molecule has 1 aromatic rings. The molecule has 1 saturated heterocycles. The van der Waals surface area contributed by atoms with Crippen molar-refractivity contribution in [2.45, 2.75) is 24.7 Å². The number of hydrogen-bond donors (Lipinski definition) is 2. The van der Waals surface area contributed by atoms with Crippen molar-refractivity contribution in [3.63, 3.8) is 0 Å². The highest BCUT2D eigenvalue weighted by Crippen LogP contribution is 2.32. The summed E-state index contributed by atoms with van der Waals surface area (Å²) in [6.45, 7) is -0.121. The van der Waals surface area contributed by atoms with Crippen LogP contribution in [0.1, 0.15) is 18.1 Å². The first kappa shape index (κ1) is 9.65. The minimum absolute atomic E-state index is 0.0802. The first-order valence-electron chi connectivity index (χ1n) is 4.80. The molecule has 3 atom stereocenters. The molecule has 0 aliphatic carbocycles. The number of hydrogen-bond acceptors (Lipinski definition) is 3. The van der Waals surface area contributed by atoms with Gasteiger partial charge in [0.25, 0.3) is 0 Å². The molecule has 3 heteroatoms. The monoisotopic (exact) mass is 194 g/mol. The number of ether oxygens (including phenoxy) is 1. The summed E-state index contributed by atoms with van der Waals surface area (Å²) in [5.74, 6) is 0. The van der Waals surface area contributed by atoms with E-state index in [1.54, 1.807) is 0 Å². The Morgan fingerprint density at radius 2 is 2.00 bits per heavy atom. The second kappa shape index (κ2) is 4.09. The maximum Gasteiger partial charge on any atom is 0.107 e. The molecule has 0 saturated carbocycles. The van der Waals surface area contributed by atoms with Crippen LogP contribution in [0.4, 0.5) is 0 Å². The van der Waals surface area contributed by atoms with Gasteiger partial charge in [-0.25, -0.2) is 0 Å². The van der Waals surface area contributed by atoms with Gasteiger partial charge in [0, 0.05) is 6.42 Å². The Hall–Kier alpha value is -0.900. The average Bonchev–Trinajstić information content (AvgIpc) is 2.61. The Bertz CT molecular complexity index is 286. The molecule has 0 spiro atoms. The highest BCUT2D eigenvalue weighted by atomic mass is 16.5. The van der Waals surface area contributed by atoms with Crippen molar-refractivity contribution in [3.8, 4) is 0 Å². The molecule has 3 nitrogen and oxygen atoms in total. The molecule has 0 unspecified atom stereocenters. The Balaban J connectivity index is 2.09. The summed E-state index contributed by atoms with van der Waals surface area (Å²) < 4.78 is 5.51.